The number of anilines is 1. The van der Waals surface area contributed by atoms with Crippen LogP contribution in [0.15, 0.2) is 30.9 Å². The van der Waals surface area contributed by atoms with Gasteiger partial charge >= 0.3 is 0 Å². The summed E-state index contributed by atoms with van der Waals surface area (Å²) in [6.45, 7) is 5.55. The van der Waals surface area contributed by atoms with Gasteiger partial charge in [0.05, 0.1) is 4.92 Å². The zero-order chi connectivity index (χ0) is 12.1. The van der Waals surface area contributed by atoms with Crippen molar-refractivity contribution in [1.29, 1.82) is 0 Å². The highest BCUT2D eigenvalue weighted by molar-refractivity contribution is 6.30. The summed E-state index contributed by atoms with van der Waals surface area (Å²) >= 11 is 5.71. The molecular weight excluding hydrogens is 228 g/mol. The number of hydrogen-bond acceptors (Lipinski definition) is 3. The average Bonchev–Trinajstić information content (AvgIpc) is 2.20. The molecule has 0 bridgehead atoms. The fourth-order valence-corrected chi connectivity index (χ4v) is 1.52. The summed E-state index contributed by atoms with van der Waals surface area (Å²) in [6, 6.07) is 4.67. The summed E-state index contributed by atoms with van der Waals surface area (Å²) in [7, 11) is 0. The van der Waals surface area contributed by atoms with Crippen LogP contribution in [0, 0.1) is 10.1 Å². The Bertz CT molecular complexity index is 407. The van der Waals surface area contributed by atoms with Gasteiger partial charge in [-0.05, 0) is 25.5 Å². The molecule has 0 aliphatic rings. The van der Waals surface area contributed by atoms with E-state index in [1.165, 1.54) is 6.07 Å². The maximum absolute atomic E-state index is 10.8. The number of nitro benzene ring substituents is 1. The third-order valence-electron chi connectivity index (χ3n) is 2.08. The molecule has 1 atom stereocenters. The van der Waals surface area contributed by atoms with Crippen molar-refractivity contribution in [2.45, 2.75) is 19.4 Å². The van der Waals surface area contributed by atoms with Gasteiger partial charge < -0.3 is 5.32 Å². The number of rotatable bonds is 5. The first-order valence-electron chi connectivity index (χ1n) is 4.86. The first-order chi connectivity index (χ1) is 7.54. The zero-order valence-electron chi connectivity index (χ0n) is 8.94. The maximum atomic E-state index is 10.8. The van der Waals surface area contributed by atoms with Crippen LogP contribution in [0.2, 0.25) is 5.02 Å². The van der Waals surface area contributed by atoms with Gasteiger partial charge in [0.1, 0.15) is 5.69 Å². The number of nitro groups is 1. The molecule has 4 nitrogen and oxygen atoms in total. The SMILES string of the molecule is C=CCC(C)Nc1ccc(Cl)cc1[N+](=O)[O-]. The van der Waals surface area contributed by atoms with Crippen LogP contribution in [0.3, 0.4) is 0 Å². The third kappa shape index (κ3) is 3.24. The average molecular weight is 241 g/mol. The van der Waals surface area contributed by atoms with Gasteiger partial charge in [-0.25, -0.2) is 0 Å². The Morgan fingerprint density at radius 3 is 2.94 bits per heavy atom. The van der Waals surface area contributed by atoms with Crippen molar-refractivity contribution in [3.05, 3.63) is 46.0 Å². The van der Waals surface area contributed by atoms with Crippen molar-refractivity contribution in [3.63, 3.8) is 0 Å². The molecule has 0 radical (unpaired) electrons. The van der Waals surface area contributed by atoms with E-state index in [4.69, 9.17) is 11.6 Å². The number of nitrogens with zero attached hydrogens (tertiary/aromatic N) is 1. The molecule has 0 saturated heterocycles. The monoisotopic (exact) mass is 240 g/mol. The Labute approximate surface area is 99.1 Å². The Morgan fingerprint density at radius 1 is 1.69 bits per heavy atom. The van der Waals surface area contributed by atoms with Crippen LogP contribution in [0.4, 0.5) is 11.4 Å². The normalized spacial score (nSPS) is 11.9. The Morgan fingerprint density at radius 2 is 2.38 bits per heavy atom. The second-order valence-corrected chi connectivity index (χ2v) is 3.92. The fourth-order valence-electron chi connectivity index (χ4n) is 1.35. The van der Waals surface area contributed by atoms with Crippen LogP contribution < -0.4 is 5.32 Å². The molecule has 1 aromatic rings. The lowest BCUT2D eigenvalue weighted by Crippen LogP contribution is -2.14. The van der Waals surface area contributed by atoms with Gasteiger partial charge in [0.2, 0.25) is 0 Å². The highest BCUT2D eigenvalue weighted by atomic mass is 35.5. The molecule has 0 amide bonds. The standard InChI is InChI=1S/C11H13ClN2O2/c1-3-4-8(2)13-10-6-5-9(12)7-11(10)14(15)16/h3,5-8,13H,1,4H2,2H3. The zero-order valence-corrected chi connectivity index (χ0v) is 9.70. The molecule has 0 aliphatic carbocycles. The molecule has 1 rings (SSSR count). The lowest BCUT2D eigenvalue weighted by atomic mass is 10.2. The highest BCUT2D eigenvalue weighted by Gasteiger charge is 2.15. The summed E-state index contributed by atoms with van der Waals surface area (Å²) in [4.78, 5) is 10.4. The van der Waals surface area contributed by atoms with E-state index >= 15 is 0 Å². The van der Waals surface area contributed by atoms with Crippen LogP contribution in [-0.2, 0) is 0 Å². The molecule has 0 fully saturated rings. The second-order valence-electron chi connectivity index (χ2n) is 3.49. The van der Waals surface area contributed by atoms with Crippen molar-refractivity contribution in [2.24, 2.45) is 0 Å². The lowest BCUT2D eigenvalue weighted by molar-refractivity contribution is -0.384. The van der Waals surface area contributed by atoms with Crippen molar-refractivity contribution in [1.82, 2.24) is 0 Å². The number of benzene rings is 1. The topological polar surface area (TPSA) is 55.2 Å². The summed E-state index contributed by atoms with van der Waals surface area (Å²) in [6.07, 6.45) is 2.50. The minimum Gasteiger partial charge on any atom is -0.377 e. The predicted octanol–water partition coefficient (Wildman–Crippen LogP) is 3.62. The van der Waals surface area contributed by atoms with Gasteiger partial charge in [0, 0.05) is 17.1 Å². The summed E-state index contributed by atoms with van der Waals surface area (Å²) in [5.41, 5.74) is 0.465. The molecule has 0 aromatic heterocycles. The Balaban J connectivity index is 2.94. The summed E-state index contributed by atoms with van der Waals surface area (Å²) < 4.78 is 0. The van der Waals surface area contributed by atoms with Crippen molar-refractivity contribution in [2.75, 3.05) is 5.32 Å². The van der Waals surface area contributed by atoms with Gasteiger partial charge in [-0.3, -0.25) is 10.1 Å². The third-order valence-corrected chi connectivity index (χ3v) is 2.31. The Hall–Kier alpha value is -1.55. The van der Waals surface area contributed by atoms with Crippen LogP contribution in [0.5, 0.6) is 0 Å². The van der Waals surface area contributed by atoms with Gasteiger partial charge in [0.15, 0.2) is 0 Å². The molecule has 0 spiro atoms. The molecule has 0 heterocycles. The van der Waals surface area contributed by atoms with Crippen molar-refractivity contribution >= 4 is 23.0 Å². The van der Waals surface area contributed by atoms with E-state index in [-0.39, 0.29) is 11.7 Å². The summed E-state index contributed by atoms with van der Waals surface area (Å²) in [5.74, 6) is 0. The molecule has 86 valence electrons. The van der Waals surface area contributed by atoms with E-state index < -0.39 is 4.92 Å². The van der Waals surface area contributed by atoms with Gasteiger partial charge in [-0.2, -0.15) is 0 Å². The quantitative estimate of drug-likeness (QED) is 0.486. The molecule has 0 saturated carbocycles. The van der Waals surface area contributed by atoms with Gasteiger partial charge in [0.25, 0.3) is 5.69 Å². The predicted molar refractivity (Wildman–Crippen MR) is 66.0 cm³/mol. The Kier molecular flexibility index (Phi) is 4.31. The molecule has 5 heteroatoms. The molecule has 1 N–H and O–H groups in total. The van der Waals surface area contributed by atoms with E-state index in [0.717, 1.165) is 6.42 Å². The van der Waals surface area contributed by atoms with Gasteiger partial charge in [-0.1, -0.05) is 17.7 Å². The number of hydrogen-bond donors (Lipinski definition) is 1. The van der Waals surface area contributed by atoms with Gasteiger partial charge in [-0.15, -0.1) is 6.58 Å². The van der Waals surface area contributed by atoms with Crippen LogP contribution >= 0.6 is 11.6 Å². The maximum Gasteiger partial charge on any atom is 0.293 e. The smallest absolute Gasteiger partial charge is 0.293 e. The van der Waals surface area contributed by atoms with Crippen molar-refractivity contribution < 1.29 is 4.92 Å². The van der Waals surface area contributed by atoms with E-state index in [1.54, 1.807) is 18.2 Å². The number of nitrogens with one attached hydrogen (secondary N) is 1. The minimum absolute atomic E-state index is 0.0107. The van der Waals surface area contributed by atoms with Crippen LogP contribution in [-0.4, -0.2) is 11.0 Å². The van der Waals surface area contributed by atoms with E-state index in [0.29, 0.717) is 10.7 Å². The van der Waals surface area contributed by atoms with E-state index in [9.17, 15) is 10.1 Å². The summed E-state index contributed by atoms with van der Waals surface area (Å²) in [5, 5.41) is 14.2. The largest absolute Gasteiger partial charge is 0.377 e. The first kappa shape index (κ1) is 12.5. The molecular formula is C11H13ClN2O2. The molecule has 0 aliphatic heterocycles. The van der Waals surface area contributed by atoms with E-state index in [2.05, 4.69) is 11.9 Å². The molecule has 1 aromatic carbocycles. The lowest BCUT2D eigenvalue weighted by Gasteiger charge is -2.13. The van der Waals surface area contributed by atoms with Crippen molar-refractivity contribution in [3.8, 4) is 0 Å². The van der Waals surface area contributed by atoms with Crippen LogP contribution in [0.1, 0.15) is 13.3 Å². The fraction of sp³-hybridized carbons (Fsp3) is 0.273. The minimum atomic E-state index is -0.450. The molecule has 16 heavy (non-hydrogen) atoms. The first-order valence-corrected chi connectivity index (χ1v) is 5.23. The van der Waals surface area contributed by atoms with Crippen LogP contribution in [0.25, 0.3) is 0 Å². The second kappa shape index (κ2) is 5.51. The highest BCUT2D eigenvalue weighted by Crippen LogP contribution is 2.28. The molecule has 1 unspecified atom stereocenters. The number of halogens is 1. The van der Waals surface area contributed by atoms with E-state index in [1.807, 2.05) is 6.92 Å².